The van der Waals surface area contributed by atoms with E-state index in [1.807, 2.05) is 16.8 Å². The van der Waals surface area contributed by atoms with Crippen molar-refractivity contribution in [3.63, 3.8) is 0 Å². The molecule has 0 aliphatic carbocycles. The number of alkyl halides is 1. The van der Waals surface area contributed by atoms with Gasteiger partial charge in [0, 0.05) is 19.5 Å². The molecule has 4 nitrogen and oxygen atoms in total. The average molecular weight is 346 g/mol. The normalized spacial score (nSPS) is 11.8. The van der Waals surface area contributed by atoms with Gasteiger partial charge in [-0.1, -0.05) is 6.07 Å². The van der Waals surface area contributed by atoms with Gasteiger partial charge >= 0.3 is 0 Å². The van der Waals surface area contributed by atoms with Gasteiger partial charge in [-0.15, -0.1) is 11.6 Å². The molecule has 0 atom stereocenters. The fourth-order valence-electron chi connectivity index (χ4n) is 1.90. The zero-order valence-corrected chi connectivity index (χ0v) is 14.1. The van der Waals surface area contributed by atoms with Crippen LogP contribution < -0.4 is 4.74 Å². The molecule has 0 saturated heterocycles. The maximum Gasteiger partial charge on any atom is 0.246 e. The lowest BCUT2D eigenvalue weighted by molar-refractivity contribution is 0.397. The highest BCUT2D eigenvalue weighted by Gasteiger charge is 2.25. The highest BCUT2D eigenvalue weighted by atomic mass is 35.5. The molecule has 7 heteroatoms. The van der Waals surface area contributed by atoms with Crippen molar-refractivity contribution in [2.24, 2.45) is 0 Å². The van der Waals surface area contributed by atoms with Gasteiger partial charge in [0.25, 0.3) is 0 Å². The van der Waals surface area contributed by atoms with Crippen LogP contribution in [0.1, 0.15) is 11.1 Å². The van der Waals surface area contributed by atoms with Gasteiger partial charge in [-0.3, -0.25) is 0 Å². The average Bonchev–Trinajstić information content (AvgIpc) is 2.99. The molecule has 0 radical (unpaired) electrons. The summed E-state index contributed by atoms with van der Waals surface area (Å²) in [4.78, 5) is 0.140. The molecule has 21 heavy (non-hydrogen) atoms. The SMILES string of the molecule is COc1ccc(CCl)cc1S(=O)(=O)N(C)Cc1ccsc1. The van der Waals surface area contributed by atoms with Crippen LogP contribution in [-0.4, -0.2) is 26.9 Å². The summed E-state index contributed by atoms with van der Waals surface area (Å²) in [6.07, 6.45) is 0. The number of halogens is 1. The van der Waals surface area contributed by atoms with Crippen LogP contribution in [0.25, 0.3) is 0 Å². The van der Waals surface area contributed by atoms with Crippen molar-refractivity contribution in [3.05, 3.63) is 46.2 Å². The van der Waals surface area contributed by atoms with Crippen molar-refractivity contribution in [2.75, 3.05) is 14.2 Å². The van der Waals surface area contributed by atoms with Crippen LogP contribution in [0.4, 0.5) is 0 Å². The van der Waals surface area contributed by atoms with Gasteiger partial charge in [-0.25, -0.2) is 8.42 Å². The molecule has 0 N–H and O–H groups in total. The molecular formula is C14H16ClNO3S2. The molecule has 0 aliphatic rings. The summed E-state index contributed by atoms with van der Waals surface area (Å²) in [5.74, 6) is 0.571. The number of hydrogen-bond donors (Lipinski definition) is 0. The number of sulfonamides is 1. The second kappa shape index (κ2) is 6.79. The van der Waals surface area contributed by atoms with Crippen molar-refractivity contribution in [1.82, 2.24) is 4.31 Å². The first kappa shape index (κ1) is 16.3. The molecule has 2 rings (SSSR count). The zero-order chi connectivity index (χ0) is 15.5. The van der Waals surface area contributed by atoms with Crippen molar-refractivity contribution >= 4 is 33.0 Å². The lowest BCUT2D eigenvalue weighted by Gasteiger charge is -2.19. The molecule has 1 aromatic heterocycles. The van der Waals surface area contributed by atoms with E-state index in [0.717, 1.165) is 11.1 Å². The second-order valence-electron chi connectivity index (χ2n) is 4.51. The third-order valence-electron chi connectivity index (χ3n) is 3.06. The summed E-state index contributed by atoms with van der Waals surface area (Å²) < 4.78 is 31.9. The Bertz CT molecular complexity index is 699. The summed E-state index contributed by atoms with van der Waals surface area (Å²) in [6.45, 7) is 0.320. The van der Waals surface area contributed by atoms with Gasteiger partial charge < -0.3 is 4.74 Å². The number of thiophene rings is 1. The molecule has 0 amide bonds. The Morgan fingerprint density at radius 1 is 1.29 bits per heavy atom. The Kier molecular flexibility index (Phi) is 5.27. The molecule has 0 bridgehead atoms. The van der Waals surface area contributed by atoms with Crippen LogP contribution in [0.3, 0.4) is 0 Å². The van der Waals surface area contributed by atoms with Crippen molar-refractivity contribution < 1.29 is 13.2 Å². The van der Waals surface area contributed by atoms with Crippen molar-refractivity contribution in [3.8, 4) is 5.75 Å². The summed E-state index contributed by atoms with van der Waals surface area (Å²) in [5, 5.41) is 3.85. The second-order valence-corrected chi connectivity index (χ2v) is 7.57. The standard InChI is InChI=1S/C14H16ClNO3S2/c1-16(9-12-5-6-20-10-12)21(17,18)14-7-11(8-15)3-4-13(14)19-2/h3-7,10H,8-9H2,1-2H3. The summed E-state index contributed by atoms with van der Waals surface area (Å²) in [5.41, 5.74) is 1.69. The number of rotatable bonds is 6. The molecule has 0 fully saturated rings. The highest BCUT2D eigenvalue weighted by molar-refractivity contribution is 7.89. The van der Waals surface area contributed by atoms with Gasteiger partial charge in [0.05, 0.1) is 7.11 Å². The Labute approximate surface area is 134 Å². The van der Waals surface area contributed by atoms with E-state index in [2.05, 4.69) is 0 Å². The quantitative estimate of drug-likeness (QED) is 0.754. The zero-order valence-electron chi connectivity index (χ0n) is 11.7. The molecule has 1 heterocycles. The number of nitrogens with zero attached hydrogens (tertiary/aromatic N) is 1. The van der Waals surface area contributed by atoms with Gasteiger partial charge in [0.1, 0.15) is 10.6 Å². The van der Waals surface area contributed by atoms with E-state index < -0.39 is 10.0 Å². The molecule has 0 aliphatic heterocycles. The predicted molar refractivity (Wildman–Crippen MR) is 85.5 cm³/mol. The third-order valence-corrected chi connectivity index (χ3v) is 5.92. The minimum Gasteiger partial charge on any atom is -0.495 e. The first-order valence-electron chi connectivity index (χ1n) is 6.19. The highest BCUT2D eigenvalue weighted by Crippen LogP contribution is 2.28. The van der Waals surface area contributed by atoms with Gasteiger partial charge in [0.15, 0.2) is 0 Å². The van der Waals surface area contributed by atoms with Gasteiger partial charge in [-0.2, -0.15) is 15.6 Å². The van der Waals surface area contributed by atoms with Gasteiger partial charge in [0.2, 0.25) is 10.0 Å². The summed E-state index contributed by atoms with van der Waals surface area (Å²) >= 11 is 7.33. The van der Waals surface area contributed by atoms with E-state index in [-0.39, 0.29) is 10.8 Å². The number of methoxy groups -OCH3 is 1. The van der Waals surface area contributed by atoms with Crippen LogP contribution in [0.15, 0.2) is 39.9 Å². The number of benzene rings is 1. The molecule has 1 aromatic carbocycles. The molecule has 114 valence electrons. The van der Waals surface area contributed by atoms with Crippen molar-refractivity contribution in [2.45, 2.75) is 17.3 Å². The van der Waals surface area contributed by atoms with E-state index in [4.69, 9.17) is 16.3 Å². The molecule has 0 unspecified atom stereocenters. The molecule has 0 saturated carbocycles. The lowest BCUT2D eigenvalue weighted by Crippen LogP contribution is -2.26. The maximum atomic E-state index is 12.7. The fourth-order valence-corrected chi connectivity index (χ4v) is 4.09. The Morgan fingerprint density at radius 3 is 2.62 bits per heavy atom. The monoisotopic (exact) mass is 345 g/mol. The van der Waals surface area contributed by atoms with Gasteiger partial charge in [-0.05, 0) is 40.1 Å². The van der Waals surface area contributed by atoms with Crippen molar-refractivity contribution in [1.29, 1.82) is 0 Å². The van der Waals surface area contributed by atoms with E-state index in [1.54, 1.807) is 25.2 Å². The first-order valence-corrected chi connectivity index (χ1v) is 9.11. The van der Waals surface area contributed by atoms with E-state index in [0.29, 0.717) is 12.3 Å². The Balaban J connectivity index is 2.38. The predicted octanol–water partition coefficient (Wildman–Crippen LogP) is 3.32. The first-order chi connectivity index (χ1) is 9.98. The topological polar surface area (TPSA) is 46.6 Å². The van der Waals surface area contributed by atoms with Crippen LogP contribution in [0.2, 0.25) is 0 Å². The van der Waals surface area contributed by atoms with Crippen LogP contribution in [-0.2, 0) is 22.4 Å². The van der Waals surface area contributed by atoms with Crippen LogP contribution in [0.5, 0.6) is 5.75 Å². The summed E-state index contributed by atoms with van der Waals surface area (Å²) in [6, 6.07) is 6.85. The van der Waals surface area contributed by atoms with E-state index in [1.165, 1.54) is 22.8 Å². The van der Waals surface area contributed by atoms with E-state index >= 15 is 0 Å². The minimum atomic E-state index is -3.64. The minimum absolute atomic E-state index is 0.140. The third kappa shape index (κ3) is 3.58. The maximum absolute atomic E-state index is 12.7. The molecule has 2 aromatic rings. The van der Waals surface area contributed by atoms with Crippen LogP contribution in [0, 0.1) is 0 Å². The van der Waals surface area contributed by atoms with Crippen LogP contribution >= 0.6 is 22.9 Å². The lowest BCUT2D eigenvalue weighted by atomic mass is 10.2. The summed E-state index contributed by atoms with van der Waals surface area (Å²) in [7, 11) is -0.629. The fraction of sp³-hybridized carbons (Fsp3) is 0.286. The number of hydrogen-bond acceptors (Lipinski definition) is 4. The smallest absolute Gasteiger partial charge is 0.246 e. The van der Waals surface area contributed by atoms with E-state index in [9.17, 15) is 8.42 Å². The Hall–Kier alpha value is -1.08. The number of ether oxygens (including phenoxy) is 1. The molecule has 0 spiro atoms. The Morgan fingerprint density at radius 2 is 2.05 bits per heavy atom. The largest absolute Gasteiger partial charge is 0.495 e. The molecular weight excluding hydrogens is 330 g/mol.